The summed E-state index contributed by atoms with van der Waals surface area (Å²) in [7, 11) is 1.80. The van der Waals surface area contributed by atoms with Crippen molar-refractivity contribution in [3.63, 3.8) is 0 Å². The molecule has 0 bridgehead atoms. The first-order valence-corrected chi connectivity index (χ1v) is 8.94. The lowest BCUT2D eigenvalue weighted by Crippen LogP contribution is -2.45. The van der Waals surface area contributed by atoms with Gasteiger partial charge in [-0.1, -0.05) is 12.1 Å². The number of hydrogen-bond donors (Lipinski definition) is 1. The fraction of sp³-hybridized carbons (Fsp3) is 0.471. The lowest BCUT2D eigenvalue weighted by molar-refractivity contribution is -0.133. The molecule has 2 N–H and O–H groups in total. The molecule has 1 aromatic carbocycles. The molecule has 1 atom stereocenters. The van der Waals surface area contributed by atoms with Gasteiger partial charge in [-0.2, -0.15) is 0 Å². The molecule has 1 aromatic heterocycles. The lowest BCUT2D eigenvalue weighted by atomic mass is 9.97. The van der Waals surface area contributed by atoms with Crippen molar-refractivity contribution < 1.29 is 9.59 Å². The van der Waals surface area contributed by atoms with Gasteiger partial charge in [-0.3, -0.25) is 14.5 Å². The maximum absolute atomic E-state index is 12.5. The molecule has 0 unspecified atom stereocenters. The van der Waals surface area contributed by atoms with Crippen LogP contribution in [0.15, 0.2) is 24.3 Å². The van der Waals surface area contributed by atoms with Gasteiger partial charge in [0.25, 0.3) is 0 Å². The third-order valence-corrected chi connectivity index (χ3v) is 5.42. The second-order valence-electron chi connectivity index (χ2n) is 6.30. The van der Waals surface area contributed by atoms with Crippen molar-refractivity contribution in [3.05, 3.63) is 29.3 Å². The third kappa shape index (κ3) is 3.91. The zero-order chi connectivity index (χ0) is 17.1. The van der Waals surface area contributed by atoms with E-state index in [-0.39, 0.29) is 17.7 Å². The van der Waals surface area contributed by atoms with Gasteiger partial charge in [0.1, 0.15) is 5.01 Å². The van der Waals surface area contributed by atoms with Crippen molar-refractivity contribution >= 4 is 33.4 Å². The van der Waals surface area contributed by atoms with Crippen molar-refractivity contribution in [2.75, 3.05) is 26.7 Å². The molecular weight excluding hydrogens is 324 g/mol. The van der Waals surface area contributed by atoms with Gasteiger partial charge in [-0.25, -0.2) is 4.98 Å². The summed E-state index contributed by atoms with van der Waals surface area (Å²) in [5.74, 6) is -0.365. The maximum Gasteiger partial charge on any atom is 0.236 e. The number of nitrogens with two attached hydrogens (primary N) is 1. The highest BCUT2D eigenvalue weighted by molar-refractivity contribution is 7.18. The molecule has 3 rings (SSSR count). The van der Waals surface area contributed by atoms with E-state index >= 15 is 0 Å². The van der Waals surface area contributed by atoms with Gasteiger partial charge in [0, 0.05) is 13.6 Å². The fourth-order valence-corrected chi connectivity index (χ4v) is 4.04. The number of likely N-dealkylation sites (N-methyl/N-ethyl adjacent to an activating group) is 1. The number of hydrogen-bond acceptors (Lipinski definition) is 5. The standard InChI is InChI=1S/C17H22N4O2S/c1-20(10-15-19-13-6-2-3-7-14(13)24-15)16(22)11-21-8-4-5-12(9-21)17(18)23/h2-3,6-7,12H,4-5,8-11H2,1H3,(H2,18,23)/t12-/m1/s1. The number of carbonyl (C=O) groups excluding carboxylic acids is 2. The molecule has 1 saturated heterocycles. The van der Waals surface area contributed by atoms with E-state index in [1.807, 2.05) is 29.2 Å². The number of fused-ring (bicyclic) bond motifs is 1. The van der Waals surface area contributed by atoms with E-state index in [0.717, 1.165) is 34.6 Å². The molecule has 2 aromatic rings. The molecule has 24 heavy (non-hydrogen) atoms. The van der Waals surface area contributed by atoms with Gasteiger partial charge >= 0.3 is 0 Å². The van der Waals surface area contributed by atoms with Crippen LogP contribution in [0, 0.1) is 5.92 Å². The SMILES string of the molecule is CN(Cc1nc2ccccc2s1)C(=O)CN1CCC[C@@H](C(N)=O)C1. The Kier molecular flexibility index (Phi) is 5.11. The topological polar surface area (TPSA) is 79.5 Å². The van der Waals surface area contributed by atoms with Gasteiger partial charge in [0.2, 0.25) is 11.8 Å². The number of para-hydroxylation sites is 1. The van der Waals surface area contributed by atoms with Crippen molar-refractivity contribution in [1.29, 1.82) is 0 Å². The number of likely N-dealkylation sites (tertiary alicyclic amines) is 1. The fourth-order valence-electron chi connectivity index (χ4n) is 3.02. The van der Waals surface area contributed by atoms with Gasteiger partial charge in [0.15, 0.2) is 0 Å². The highest BCUT2D eigenvalue weighted by atomic mass is 32.1. The number of benzene rings is 1. The summed E-state index contributed by atoms with van der Waals surface area (Å²) >= 11 is 1.61. The summed E-state index contributed by atoms with van der Waals surface area (Å²) in [6, 6.07) is 7.97. The van der Waals surface area contributed by atoms with Crippen LogP contribution in [-0.4, -0.2) is 53.3 Å². The number of piperidine rings is 1. The van der Waals surface area contributed by atoms with Crippen molar-refractivity contribution in [3.8, 4) is 0 Å². The molecule has 6 nitrogen and oxygen atoms in total. The van der Waals surface area contributed by atoms with Gasteiger partial charge in [-0.05, 0) is 31.5 Å². The molecule has 0 radical (unpaired) electrons. The Labute approximate surface area is 145 Å². The summed E-state index contributed by atoms with van der Waals surface area (Å²) in [4.78, 5) is 32.1. The zero-order valence-electron chi connectivity index (χ0n) is 13.8. The van der Waals surface area contributed by atoms with Crippen LogP contribution in [0.1, 0.15) is 17.8 Å². The van der Waals surface area contributed by atoms with E-state index in [2.05, 4.69) is 4.98 Å². The zero-order valence-corrected chi connectivity index (χ0v) is 14.6. The second-order valence-corrected chi connectivity index (χ2v) is 7.42. The molecule has 7 heteroatoms. The first-order valence-electron chi connectivity index (χ1n) is 8.13. The third-order valence-electron chi connectivity index (χ3n) is 4.40. The van der Waals surface area contributed by atoms with Crippen LogP contribution >= 0.6 is 11.3 Å². The minimum atomic E-state index is -0.269. The predicted molar refractivity (Wildman–Crippen MR) is 94.5 cm³/mol. The molecule has 2 amide bonds. The summed E-state index contributed by atoms with van der Waals surface area (Å²) in [6.07, 6.45) is 1.73. The van der Waals surface area contributed by atoms with E-state index in [1.54, 1.807) is 23.3 Å². The highest BCUT2D eigenvalue weighted by Gasteiger charge is 2.26. The summed E-state index contributed by atoms with van der Waals surface area (Å²) in [5.41, 5.74) is 6.36. The highest BCUT2D eigenvalue weighted by Crippen LogP contribution is 2.22. The normalized spacial score (nSPS) is 18.6. The second kappa shape index (κ2) is 7.27. The quantitative estimate of drug-likeness (QED) is 0.889. The van der Waals surface area contributed by atoms with Crippen LogP contribution in [0.4, 0.5) is 0 Å². The van der Waals surface area contributed by atoms with E-state index in [9.17, 15) is 9.59 Å². The van der Waals surface area contributed by atoms with Gasteiger partial charge in [-0.15, -0.1) is 11.3 Å². The van der Waals surface area contributed by atoms with Crippen molar-refractivity contribution in [2.45, 2.75) is 19.4 Å². The maximum atomic E-state index is 12.5. The molecule has 1 fully saturated rings. The van der Waals surface area contributed by atoms with Crippen LogP contribution in [0.2, 0.25) is 0 Å². The Morgan fingerprint density at radius 1 is 1.42 bits per heavy atom. The summed E-state index contributed by atoms with van der Waals surface area (Å²) in [5, 5.41) is 0.931. The number of rotatable bonds is 5. The largest absolute Gasteiger partial charge is 0.369 e. The van der Waals surface area contributed by atoms with Crippen LogP contribution in [0.25, 0.3) is 10.2 Å². The molecular formula is C17H22N4O2S. The van der Waals surface area contributed by atoms with E-state index in [1.165, 1.54) is 0 Å². The van der Waals surface area contributed by atoms with E-state index < -0.39 is 0 Å². The Hall–Kier alpha value is -1.99. The van der Waals surface area contributed by atoms with E-state index in [4.69, 9.17) is 5.73 Å². The Balaban J connectivity index is 1.57. The number of thiazole rings is 1. The molecule has 128 valence electrons. The monoisotopic (exact) mass is 346 g/mol. The Morgan fingerprint density at radius 3 is 2.96 bits per heavy atom. The average Bonchev–Trinajstić information content (AvgIpc) is 2.97. The minimum absolute atomic E-state index is 0.0411. The average molecular weight is 346 g/mol. The number of primary amides is 1. The van der Waals surface area contributed by atoms with Crippen LogP contribution in [0.3, 0.4) is 0 Å². The Bertz CT molecular complexity index is 712. The smallest absolute Gasteiger partial charge is 0.236 e. The number of aromatic nitrogens is 1. The van der Waals surface area contributed by atoms with Crippen LogP contribution in [-0.2, 0) is 16.1 Å². The molecule has 0 aliphatic carbocycles. The molecule has 2 heterocycles. The molecule has 0 saturated carbocycles. The number of carbonyl (C=O) groups is 2. The van der Waals surface area contributed by atoms with Crippen molar-refractivity contribution in [1.82, 2.24) is 14.8 Å². The summed E-state index contributed by atoms with van der Waals surface area (Å²) < 4.78 is 1.13. The van der Waals surface area contributed by atoms with Crippen LogP contribution in [0.5, 0.6) is 0 Å². The van der Waals surface area contributed by atoms with Gasteiger partial charge in [0.05, 0.1) is 29.2 Å². The van der Waals surface area contributed by atoms with E-state index in [0.29, 0.717) is 19.6 Å². The summed E-state index contributed by atoms with van der Waals surface area (Å²) in [6.45, 7) is 2.25. The van der Waals surface area contributed by atoms with Gasteiger partial charge < -0.3 is 10.6 Å². The molecule has 0 spiro atoms. The number of nitrogens with zero attached hydrogens (tertiary/aromatic N) is 3. The molecule has 1 aliphatic rings. The van der Waals surface area contributed by atoms with Crippen molar-refractivity contribution in [2.24, 2.45) is 11.7 Å². The molecule has 1 aliphatic heterocycles. The first-order chi connectivity index (χ1) is 11.5. The lowest BCUT2D eigenvalue weighted by Gasteiger charge is -2.31. The number of amides is 2. The Morgan fingerprint density at radius 2 is 2.21 bits per heavy atom. The first kappa shape index (κ1) is 16.9. The minimum Gasteiger partial charge on any atom is -0.369 e. The predicted octanol–water partition coefficient (Wildman–Crippen LogP) is 1.45. The van der Waals surface area contributed by atoms with Crippen LogP contribution < -0.4 is 5.73 Å².